The Morgan fingerprint density at radius 3 is 2.79 bits per heavy atom. The van der Waals surface area contributed by atoms with Gasteiger partial charge in [0, 0.05) is 30.1 Å². The van der Waals surface area contributed by atoms with Crippen LogP contribution in [0.3, 0.4) is 0 Å². The van der Waals surface area contributed by atoms with Gasteiger partial charge in [-0.25, -0.2) is 14.5 Å². The molecule has 24 heavy (non-hydrogen) atoms. The van der Waals surface area contributed by atoms with Gasteiger partial charge in [0.1, 0.15) is 0 Å². The van der Waals surface area contributed by atoms with Crippen molar-refractivity contribution in [2.45, 2.75) is 58.0 Å². The van der Waals surface area contributed by atoms with Crippen LogP contribution in [0.2, 0.25) is 0 Å². The SMILES string of the molecule is CC(C)(C)c1cn2nc(N3CCc4c(ncn4C4CC4)C3)sc2n1. The second-order valence-corrected chi connectivity index (χ2v) is 8.87. The van der Waals surface area contributed by atoms with Crippen molar-refractivity contribution in [3.05, 3.63) is 29.6 Å². The third-order valence-corrected chi connectivity index (χ3v) is 5.94. The van der Waals surface area contributed by atoms with Crippen LogP contribution in [0.5, 0.6) is 0 Å². The standard InChI is InChI=1S/C17H22N6S/c1-17(2,3)14-9-23-15(19-14)24-16(20-23)21-7-6-13-12(8-21)18-10-22(13)11-4-5-11/h9-11H,4-8H2,1-3H3. The zero-order chi connectivity index (χ0) is 16.5. The Bertz CT molecular complexity index is 876. The maximum atomic E-state index is 4.76. The number of fused-ring (bicyclic) bond motifs is 2. The summed E-state index contributed by atoms with van der Waals surface area (Å²) in [4.78, 5) is 12.7. The molecule has 2 aliphatic rings. The highest BCUT2D eigenvalue weighted by Crippen LogP contribution is 2.38. The third-order valence-electron chi connectivity index (χ3n) is 4.95. The topological polar surface area (TPSA) is 51.2 Å². The number of imidazole rings is 2. The Kier molecular flexibility index (Phi) is 2.90. The Balaban J connectivity index is 1.42. The fourth-order valence-corrected chi connectivity index (χ4v) is 4.25. The first-order chi connectivity index (χ1) is 11.5. The van der Waals surface area contributed by atoms with E-state index in [1.165, 1.54) is 24.2 Å². The molecule has 5 rings (SSSR count). The average Bonchev–Trinajstić information content (AvgIpc) is 2.98. The van der Waals surface area contributed by atoms with Gasteiger partial charge in [0.2, 0.25) is 10.1 Å². The number of hydrogen-bond donors (Lipinski definition) is 0. The predicted molar refractivity (Wildman–Crippen MR) is 94.8 cm³/mol. The molecular weight excluding hydrogens is 320 g/mol. The lowest BCUT2D eigenvalue weighted by Crippen LogP contribution is -2.31. The average molecular weight is 342 g/mol. The second kappa shape index (κ2) is 4.81. The largest absolute Gasteiger partial charge is 0.340 e. The molecule has 1 fully saturated rings. The van der Waals surface area contributed by atoms with E-state index in [4.69, 9.17) is 10.1 Å². The number of anilines is 1. The summed E-state index contributed by atoms with van der Waals surface area (Å²) in [6.07, 6.45) is 7.78. The van der Waals surface area contributed by atoms with Crippen LogP contribution >= 0.6 is 11.3 Å². The molecule has 0 spiro atoms. The molecule has 3 aromatic rings. The minimum absolute atomic E-state index is 0.0588. The summed E-state index contributed by atoms with van der Waals surface area (Å²) in [5.74, 6) is 0. The minimum Gasteiger partial charge on any atom is -0.340 e. The molecule has 4 heterocycles. The fraction of sp³-hybridized carbons (Fsp3) is 0.588. The molecule has 1 saturated carbocycles. The van der Waals surface area contributed by atoms with Crippen LogP contribution in [0.15, 0.2) is 12.5 Å². The molecule has 0 bridgehead atoms. The first-order valence-electron chi connectivity index (χ1n) is 8.65. The van der Waals surface area contributed by atoms with Gasteiger partial charge in [-0.2, -0.15) is 0 Å². The van der Waals surface area contributed by atoms with Crippen LogP contribution in [0.4, 0.5) is 5.13 Å². The van der Waals surface area contributed by atoms with E-state index in [0.717, 1.165) is 35.3 Å². The maximum absolute atomic E-state index is 4.76. The summed E-state index contributed by atoms with van der Waals surface area (Å²) in [5.41, 5.74) is 3.81. The van der Waals surface area contributed by atoms with Gasteiger partial charge in [-0.05, 0) is 12.8 Å². The molecule has 126 valence electrons. The van der Waals surface area contributed by atoms with Crippen LogP contribution in [0.25, 0.3) is 4.96 Å². The lowest BCUT2D eigenvalue weighted by atomic mass is 9.93. The van der Waals surface area contributed by atoms with Crippen LogP contribution < -0.4 is 4.90 Å². The first-order valence-corrected chi connectivity index (χ1v) is 9.47. The molecule has 0 aromatic carbocycles. The summed E-state index contributed by atoms with van der Waals surface area (Å²) in [6.45, 7) is 8.42. The van der Waals surface area contributed by atoms with E-state index in [2.05, 4.69) is 41.4 Å². The molecule has 0 saturated heterocycles. The van der Waals surface area contributed by atoms with Gasteiger partial charge in [0.25, 0.3) is 0 Å². The quantitative estimate of drug-likeness (QED) is 0.718. The monoisotopic (exact) mass is 342 g/mol. The van der Waals surface area contributed by atoms with Crippen molar-refractivity contribution < 1.29 is 0 Å². The Morgan fingerprint density at radius 2 is 2.08 bits per heavy atom. The highest BCUT2D eigenvalue weighted by Gasteiger charge is 2.30. The van der Waals surface area contributed by atoms with E-state index in [0.29, 0.717) is 6.04 Å². The van der Waals surface area contributed by atoms with Crippen molar-refractivity contribution in [1.82, 2.24) is 24.1 Å². The first kappa shape index (κ1) is 14.5. The van der Waals surface area contributed by atoms with Crippen molar-refractivity contribution in [3.63, 3.8) is 0 Å². The number of nitrogens with zero attached hydrogens (tertiary/aromatic N) is 6. The van der Waals surface area contributed by atoms with Gasteiger partial charge in [-0.15, -0.1) is 5.10 Å². The van der Waals surface area contributed by atoms with Crippen molar-refractivity contribution in [1.29, 1.82) is 0 Å². The highest BCUT2D eigenvalue weighted by molar-refractivity contribution is 7.20. The van der Waals surface area contributed by atoms with E-state index in [9.17, 15) is 0 Å². The minimum atomic E-state index is 0.0588. The Labute approximate surface area is 145 Å². The summed E-state index contributed by atoms with van der Waals surface area (Å²) in [6, 6.07) is 0.715. The van der Waals surface area contributed by atoms with Crippen molar-refractivity contribution in [3.8, 4) is 0 Å². The highest BCUT2D eigenvalue weighted by atomic mass is 32.1. The van der Waals surface area contributed by atoms with Crippen LogP contribution in [0.1, 0.15) is 56.7 Å². The lowest BCUT2D eigenvalue weighted by molar-refractivity contribution is 0.572. The molecule has 0 radical (unpaired) electrons. The van der Waals surface area contributed by atoms with E-state index in [1.54, 1.807) is 11.3 Å². The smallest absolute Gasteiger partial charge is 0.214 e. The van der Waals surface area contributed by atoms with Crippen molar-refractivity contribution >= 4 is 21.4 Å². The molecule has 3 aromatic heterocycles. The molecule has 0 atom stereocenters. The number of rotatable bonds is 2. The Hall–Kier alpha value is -1.89. The lowest BCUT2D eigenvalue weighted by Gasteiger charge is -2.26. The Morgan fingerprint density at radius 1 is 1.25 bits per heavy atom. The van der Waals surface area contributed by atoms with Crippen molar-refractivity contribution in [2.75, 3.05) is 11.4 Å². The summed E-state index contributed by atoms with van der Waals surface area (Å²) >= 11 is 1.67. The molecule has 0 N–H and O–H groups in total. The van der Waals surface area contributed by atoms with E-state index < -0.39 is 0 Å². The van der Waals surface area contributed by atoms with E-state index in [-0.39, 0.29) is 5.41 Å². The maximum Gasteiger partial charge on any atom is 0.214 e. The molecular formula is C17H22N6S. The van der Waals surface area contributed by atoms with Gasteiger partial charge in [-0.3, -0.25) is 0 Å². The molecule has 7 heteroatoms. The van der Waals surface area contributed by atoms with Gasteiger partial charge < -0.3 is 9.47 Å². The molecule has 0 unspecified atom stereocenters. The van der Waals surface area contributed by atoms with Gasteiger partial charge >= 0.3 is 0 Å². The third kappa shape index (κ3) is 2.25. The predicted octanol–water partition coefficient (Wildman–Crippen LogP) is 3.18. The number of hydrogen-bond acceptors (Lipinski definition) is 5. The molecule has 1 aliphatic carbocycles. The van der Waals surface area contributed by atoms with Crippen LogP contribution in [0, 0.1) is 0 Å². The van der Waals surface area contributed by atoms with Crippen LogP contribution in [-0.4, -0.2) is 30.7 Å². The fourth-order valence-electron chi connectivity index (χ4n) is 3.34. The molecule has 6 nitrogen and oxygen atoms in total. The van der Waals surface area contributed by atoms with E-state index in [1.807, 2.05) is 10.8 Å². The van der Waals surface area contributed by atoms with Gasteiger partial charge in [-0.1, -0.05) is 32.1 Å². The zero-order valence-corrected chi connectivity index (χ0v) is 15.2. The van der Waals surface area contributed by atoms with Crippen molar-refractivity contribution in [2.24, 2.45) is 0 Å². The number of aromatic nitrogens is 5. The molecule has 1 aliphatic heterocycles. The normalized spacial score (nSPS) is 18.4. The van der Waals surface area contributed by atoms with Crippen LogP contribution in [-0.2, 0) is 18.4 Å². The summed E-state index contributed by atoms with van der Waals surface area (Å²) in [7, 11) is 0. The van der Waals surface area contributed by atoms with Gasteiger partial charge in [0.15, 0.2) is 0 Å². The summed E-state index contributed by atoms with van der Waals surface area (Å²) < 4.78 is 4.33. The van der Waals surface area contributed by atoms with Gasteiger partial charge in [0.05, 0.1) is 30.5 Å². The summed E-state index contributed by atoms with van der Waals surface area (Å²) in [5, 5.41) is 5.81. The zero-order valence-electron chi connectivity index (χ0n) is 14.4. The second-order valence-electron chi connectivity index (χ2n) is 7.94. The van der Waals surface area contributed by atoms with E-state index >= 15 is 0 Å². The molecule has 0 amide bonds.